The van der Waals surface area contributed by atoms with E-state index in [4.69, 9.17) is 4.74 Å². The van der Waals surface area contributed by atoms with Crippen LogP contribution in [0.15, 0.2) is 30.3 Å². The third-order valence-corrected chi connectivity index (χ3v) is 4.66. The second-order valence-corrected chi connectivity index (χ2v) is 6.46. The Balaban J connectivity index is 1.86. The predicted molar refractivity (Wildman–Crippen MR) is 95.3 cm³/mol. The lowest BCUT2D eigenvalue weighted by Gasteiger charge is -2.22. The minimum atomic E-state index is -0.387. The molecule has 4 rings (SSSR count). The molecule has 0 aliphatic carbocycles. The van der Waals surface area contributed by atoms with Crippen molar-refractivity contribution in [3.8, 4) is 0 Å². The Morgan fingerprint density at radius 3 is 2.69 bits per heavy atom. The summed E-state index contributed by atoms with van der Waals surface area (Å²) in [5.74, 6) is -0.0963. The first-order valence-electron chi connectivity index (χ1n) is 8.33. The van der Waals surface area contributed by atoms with Gasteiger partial charge in [-0.2, -0.15) is 0 Å². The van der Waals surface area contributed by atoms with Crippen LogP contribution >= 0.6 is 0 Å². The van der Waals surface area contributed by atoms with Crippen LogP contribution in [0.1, 0.15) is 45.2 Å². The van der Waals surface area contributed by atoms with Gasteiger partial charge in [-0.15, -0.1) is 5.10 Å². The quantitative estimate of drug-likeness (QED) is 0.718. The summed E-state index contributed by atoms with van der Waals surface area (Å²) >= 11 is 0. The van der Waals surface area contributed by atoms with Crippen molar-refractivity contribution in [3.05, 3.63) is 58.4 Å². The van der Waals surface area contributed by atoms with Gasteiger partial charge in [-0.05, 0) is 37.6 Å². The zero-order valence-electron chi connectivity index (χ0n) is 14.7. The number of hydrogen-bond acceptors (Lipinski definition) is 5. The highest BCUT2D eigenvalue weighted by atomic mass is 16.5. The van der Waals surface area contributed by atoms with E-state index in [1.54, 1.807) is 16.6 Å². The molecule has 132 valence electrons. The Hall–Kier alpha value is -3.22. The molecule has 1 aliphatic heterocycles. The number of fused-ring (bicyclic) bond motifs is 3. The normalized spacial score (nSPS) is 16.3. The van der Waals surface area contributed by atoms with Crippen molar-refractivity contribution in [1.29, 1.82) is 0 Å². The lowest BCUT2D eigenvalue weighted by molar-refractivity contribution is -0.116. The first-order valence-corrected chi connectivity index (χ1v) is 8.33. The van der Waals surface area contributed by atoms with E-state index >= 15 is 0 Å². The fraction of sp³-hybridized carbons (Fsp3) is 0.263. The van der Waals surface area contributed by atoms with Crippen LogP contribution in [0.2, 0.25) is 0 Å². The predicted octanol–water partition coefficient (Wildman–Crippen LogP) is 2.61. The van der Waals surface area contributed by atoms with E-state index in [1.165, 1.54) is 7.11 Å². The zero-order chi connectivity index (χ0) is 18.4. The lowest BCUT2D eigenvalue weighted by atomic mass is 9.86. The number of amides is 1. The molecule has 1 unspecified atom stereocenters. The summed E-state index contributed by atoms with van der Waals surface area (Å²) in [5, 5.41) is 7.38. The number of carbonyl (C=O) groups is 2. The van der Waals surface area contributed by atoms with E-state index in [1.807, 2.05) is 32.0 Å². The van der Waals surface area contributed by atoms with Crippen LogP contribution in [0.4, 0.5) is 5.82 Å². The van der Waals surface area contributed by atoms with Gasteiger partial charge in [0.05, 0.1) is 12.7 Å². The van der Waals surface area contributed by atoms with E-state index in [0.29, 0.717) is 17.8 Å². The molecule has 3 heterocycles. The van der Waals surface area contributed by atoms with E-state index in [2.05, 4.69) is 15.4 Å². The molecule has 7 nitrogen and oxygen atoms in total. The number of benzene rings is 1. The number of carbonyl (C=O) groups excluding carboxylic acids is 2. The highest BCUT2D eigenvalue weighted by Gasteiger charge is 2.32. The molecule has 1 amide bonds. The number of methoxy groups -OCH3 is 1. The summed E-state index contributed by atoms with van der Waals surface area (Å²) in [7, 11) is 1.35. The molecule has 0 spiro atoms. The van der Waals surface area contributed by atoms with Gasteiger partial charge in [0.15, 0.2) is 11.5 Å². The standard InChI is InChI=1S/C19H18N4O3/c1-10-8-11(2)23-18(20-10)16-14(9-15(24)21-17(16)22-23)12-4-6-13(7-5-12)19(25)26-3/h4-8,14H,9H2,1-3H3,(H,21,22,24). The van der Waals surface area contributed by atoms with Gasteiger partial charge < -0.3 is 10.1 Å². The second-order valence-electron chi connectivity index (χ2n) is 6.46. The van der Waals surface area contributed by atoms with E-state index < -0.39 is 0 Å². The van der Waals surface area contributed by atoms with Crippen LogP contribution in [0.3, 0.4) is 0 Å². The zero-order valence-corrected chi connectivity index (χ0v) is 14.7. The number of anilines is 1. The van der Waals surface area contributed by atoms with E-state index in [0.717, 1.165) is 28.2 Å². The molecular formula is C19H18N4O3. The molecule has 0 bridgehead atoms. The van der Waals surface area contributed by atoms with Gasteiger partial charge in [-0.3, -0.25) is 4.79 Å². The fourth-order valence-corrected chi connectivity index (χ4v) is 3.48. The molecule has 1 atom stereocenters. The Kier molecular flexibility index (Phi) is 3.72. The number of hydrogen-bond donors (Lipinski definition) is 1. The Bertz CT molecular complexity index is 1040. The molecule has 1 N–H and O–H groups in total. The highest BCUT2D eigenvalue weighted by molar-refractivity contribution is 5.96. The number of nitrogens with zero attached hydrogens (tertiary/aromatic N) is 3. The van der Waals surface area contributed by atoms with Gasteiger partial charge in [-0.1, -0.05) is 12.1 Å². The number of rotatable bonds is 2. The Labute approximate surface area is 150 Å². The molecule has 26 heavy (non-hydrogen) atoms. The first-order chi connectivity index (χ1) is 12.5. The number of aromatic nitrogens is 3. The molecule has 1 aromatic carbocycles. The summed E-state index contributed by atoms with van der Waals surface area (Å²) < 4.78 is 6.50. The third kappa shape index (κ3) is 2.52. The molecule has 2 aromatic heterocycles. The summed E-state index contributed by atoms with van der Waals surface area (Å²) in [5.41, 5.74) is 4.91. The molecule has 0 radical (unpaired) electrons. The second kappa shape index (κ2) is 5.94. The van der Waals surface area contributed by atoms with Crippen molar-refractivity contribution in [3.63, 3.8) is 0 Å². The topological polar surface area (TPSA) is 85.6 Å². The largest absolute Gasteiger partial charge is 0.465 e. The average molecular weight is 350 g/mol. The van der Waals surface area contributed by atoms with Crippen LogP contribution < -0.4 is 5.32 Å². The third-order valence-electron chi connectivity index (χ3n) is 4.66. The lowest BCUT2D eigenvalue weighted by Crippen LogP contribution is -2.23. The van der Waals surface area contributed by atoms with Crippen LogP contribution in [0.5, 0.6) is 0 Å². The first kappa shape index (κ1) is 16.3. The maximum absolute atomic E-state index is 12.2. The van der Waals surface area contributed by atoms with Crippen LogP contribution in [-0.2, 0) is 9.53 Å². The van der Waals surface area contributed by atoms with Gasteiger partial charge in [0.25, 0.3) is 0 Å². The maximum atomic E-state index is 12.2. The van der Waals surface area contributed by atoms with Gasteiger partial charge in [0.1, 0.15) is 0 Å². The molecular weight excluding hydrogens is 332 g/mol. The molecule has 0 fully saturated rings. The average Bonchev–Trinajstić information content (AvgIpc) is 2.99. The maximum Gasteiger partial charge on any atom is 0.337 e. The van der Waals surface area contributed by atoms with Crippen LogP contribution in [-0.4, -0.2) is 33.6 Å². The molecule has 3 aromatic rings. The van der Waals surface area contributed by atoms with Crippen molar-refractivity contribution in [2.75, 3.05) is 12.4 Å². The fourth-order valence-electron chi connectivity index (χ4n) is 3.48. The van der Waals surface area contributed by atoms with Crippen LogP contribution in [0, 0.1) is 13.8 Å². The summed E-state index contributed by atoms with van der Waals surface area (Å²) in [6.45, 7) is 3.90. The molecule has 0 saturated carbocycles. The number of esters is 1. The van der Waals surface area contributed by atoms with Gasteiger partial charge in [0, 0.05) is 29.3 Å². The van der Waals surface area contributed by atoms with E-state index in [9.17, 15) is 9.59 Å². The summed E-state index contributed by atoms with van der Waals surface area (Å²) in [6.07, 6.45) is 0.306. The molecule has 0 saturated heterocycles. The van der Waals surface area contributed by atoms with Gasteiger partial charge in [0.2, 0.25) is 5.91 Å². The molecule has 7 heteroatoms. The van der Waals surface area contributed by atoms with Crippen molar-refractivity contribution in [1.82, 2.24) is 14.6 Å². The van der Waals surface area contributed by atoms with Crippen molar-refractivity contribution < 1.29 is 14.3 Å². The molecule has 1 aliphatic rings. The monoisotopic (exact) mass is 350 g/mol. The highest BCUT2D eigenvalue weighted by Crippen LogP contribution is 2.39. The number of aryl methyl sites for hydroxylation is 2. The van der Waals surface area contributed by atoms with Gasteiger partial charge >= 0.3 is 5.97 Å². The van der Waals surface area contributed by atoms with Gasteiger partial charge in [-0.25, -0.2) is 14.3 Å². The summed E-state index contributed by atoms with van der Waals surface area (Å²) in [4.78, 5) is 28.5. The van der Waals surface area contributed by atoms with Crippen LogP contribution in [0.25, 0.3) is 5.65 Å². The Morgan fingerprint density at radius 2 is 2.00 bits per heavy atom. The SMILES string of the molecule is COC(=O)c1ccc(C2CC(=O)Nc3nn4c(C)cc(C)nc4c32)cc1. The van der Waals surface area contributed by atoms with Crippen molar-refractivity contribution >= 4 is 23.3 Å². The number of ether oxygens (including phenoxy) is 1. The number of nitrogens with one attached hydrogen (secondary N) is 1. The Morgan fingerprint density at radius 1 is 1.27 bits per heavy atom. The summed E-state index contributed by atoms with van der Waals surface area (Å²) in [6, 6.07) is 9.08. The minimum absolute atomic E-state index is 0.0858. The van der Waals surface area contributed by atoms with Crippen molar-refractivity contribution in [2.24, 2.45) is 0 Å². The smallest absolute Gasteiger partial charge is 0.337 e. The minimum Gasteiger partial charge on any atom is -0.465 e. The van der Waals surface area contributed by atoms with Crippen molar-refractivity contribution in [2.45, 2.75) is 26.2 Å². The van der Waals surface area contributed by atoms with E-state index in [-0.39, 0.29) is 17.8 Å².